The summed E-state index contributed by atoms with van der Waals surface area (Å²) in [5, 5.41) is 16.9. The number of carbonyl (C=O) groups is 1. The summed E-state index contributed by atoms with van der Waals surface area (Å²) in [5.41, 5.74) is 2.20. The number of non-ortho nitro benzene ring substituents is 1. The average Bonchev–Trinajstić information content (AvgIpc) is 2.78. The summed E-state index contributed by atoms with van der Waals surface area (Å²) in [4.78, 5) is 22.7. The van der Waals surface area contributed by atoms with Crippen LogP contribution in [0.25, 0.3) is 0 Å². The first-order chi connectivity index (χ1) is 15.5. The Hall–Kier alpha value is -3.59. The normalized spacial score (nSPS) is 10.3. The van der Waals surface area contributed by atoms with Gasteiger partial charge in [-0.05, 0) is 58.7 Å². The molecule has 3 rings (SSSR count). The van der Waals surface area contributed by atoms with Crippen LogP contribution in [0, 0.1) is 10.1 Å². The number of nitro benzene ring substituents is 1. The molecule has 3 aromatic rings. The molecule has 0 unspecified atom stereocenters. The molecule has 0 fully saturated rings. The molecule has 8 nitrogen and oxygen atoms in total. The quantitative estimate of drug-likeness (QED) is 0.286. The number of para-hydroxylation sites is 1. The first-order valence-corrected chi connectivity index (χ1v) is 10.7. The minimum atomic E-state index is -0.435. The Kier molecular flexibility index (Phi) is 8.04. The third-order valence-electron chi connectivity index (χ3n) is 4.33. The van der Waals surface area contributed by atoms with Gasteiger partial charge in [-0.1, -0.05) is 24.3 Å². The van der Waals surface area contributed by atoms with Crippen molar-refractivity contribution in [2.45, 2.75) is 13.5 Å². The monoisotopic (exact) mass is 499 g/mol. The number of anilines is 2. The molecule has 0 radical (unpaired) electrons. The van der Waals surface area contributed by atoms with Crippen molar-refractivity contribution in [1.29, 1.82) is 0 Å². The molecule has 9 heteroatoms. The number of benzene rings is 3. The van der Waals surface area contributed by atoms with Gasteiger partial charge in [0.1, 0.15) is 0 Å². The topological polar surface area (TPSA) is 103 Å². The molecule has 0 saturated heterocycles. The van der Waals surface area contributed by atoms with Gasteiger partial charge in [0.15, 0.2) is 18.1 Å². The smallest absolute Gasteiger partial charge is 0.271 e. The highest BCUT2D eigenvalue weighted by molar-refractivity contribution is 9.10. The molecule has 32 heavy (non-hydrogen) atoms. The van der Waals surface area contributed by atoms with Gasteiger partial charge in [-0.15, -0.1) is 0 Å². The largest absolute Gasteiger partial charge is 0.490 e. The van der Waals surface area contributed by atoms with Gasteiger partial charge in [0, 0.05) is 30.1 Å². The zero-order valence-electron chi connectivity index (χ0n) is 17.3. The van der Waals surface area contributed by atoms with E-state index in [1.165, 1.54) is 12.1 Å². The van der Waals surface area contributed by atoms with Crippen molar-refractivity contribution in [3.05, 3.63) is 86.9 Å². The number of nitrogens with zero attached hydrogens (tertiary/aromatic N) is 1. The highest BCUT2D eigenvalue weighted by Gasteiger charge is 2.15. The summed E-state index contributed by atoms with van der Waals surface area (Å²) in [7, 11) is 0. The Bertz CT molecular complexity index is 1090. The summed E-state index contributed by atoms with van der Waals surface area (Å²) in [5.74, 6) is 0.626. The third kappa shape index (κ3) is 6.45. The fourth-order valence-electron chi connectivity index (χ4n) is 2.92. The SMILES string of the molecule is CCOc1cc(CNc2cccc([N+](=O)[O-])c2)cc(Br)c1OCC(=O)Nc1ccccc1. The van der Waals surface area contributed by atoms with E-state index in [-0.39, 0.29) is 18.2 Å². The molecule has 0 heterocycles. The standard InChI is InChI=1S/C23H22BrN3O5/c1-2-31-21-12-16(14-25-18-9-6-10-19(13-18)27(29)30)11-20(24)23(21)32-15-22(28)26-17-7-4-3-5-8-17/h3-13,25H,2,14-15H2,1H3,(H,26,28). The van der Waals surface area contributed by atoms with E-state index in [4.69, 9.17) is 9.47 Å². The minimum absolute atomic E-state index is 0.0173. The van der Waals surface area contributed by atoms with E-state index >= 15 is 0 Å². The highest BCUT2D eigenvalue weighted by atomic mass is 79.9. The number of rotatable bonds is 10. The number of nitro groups is 1. The maximum atomic E-state index is 12.2. The Morgan fingerprint density at radius 2 is 1.78 bits per heavy atom. The summed E-state index contributed by atoms with van der Waals surface area (Å²) in [6.07, 6.45) is 0. The lowest BCUT2D eigenvalue weighted by molar-refractivity contribution is -0.384. The fraction of sp³-hybridized carbons (Fsp3) is 0.174. The predicted octanol–water partition coefficient (Wildman–Crippen LogP) is 5.39. The molecule has 0 aromatic heterocycles. The van der Waals surface area contributed by atoms with Crippen LogP contribution < -0.4 is 20.1 Å². The molecule has 0 aliphatic heterocycles. The second-order valence-corrected chi connectivity index (χ2v) is 7.56. The maximum Gasteiger partial charge on any atom is 0.271 e. The Balaban J connectivity index is 1.68. The van der Waals surface area contributed by atoms with Crippen LogP contribution >= 0.6 is 15.9 Å². The number of amides is 1. The number of hydrogen-bond acceptors (Lipinski definition) is 6. The lowest BCUT2D eigenvalue weighted by Crippen LogP contribution is -2.20. The van der Waals surface area contributed by atoms with E-state index in [2.05, 4.69) is 26.6 Å². The summed E-state index contributed by atoms with van der Waals surface area (Å²) in [6.45, 7) is 2.50. The van der Waals surface area contributed by atoms with Crippen LogP contribution in [0.4, 0.5) is 17.1 Å². The molecular formula is C23H22BrN3O5. The molecule has 1 amide bonds. The van der Waals surface area contributed by atoms with E-state index in [1.807, 2.05) is 37.3 Å². The van der Waals surface area contributed by atoms with Crippen LogP contribution in [-0.2, 0) is 11.3 Å². The second kappa shape index (κ2) is 11.1. The number of ether oxygens (including phenoxy) is 2. The van der Waals surface area contributed by atoms with Crippen molar-refractivity contribution in [3.63, 3.8) is 0 Å². The van der Waals surface area contributed by atoms with Crippen LogP contribution in [0.15, 0.2) is 71.2 Å². The Morgan fingerprint density at radius 1 is 1.03 bits per heavy atom. The van der Waals surface area contributed by atoms with E-state index in [0.717, 1.165) is 5.56 Å². The summed E-state index contributed by atoms with van der Waals surface area (Å²) in [6, 6.07) is 19.1. The maximum absolute atomic E-state index is 12.2. The first-order valence-electron chi connectivity index (χ1n) is 9.87. The van der Waals surface area contributed by atoms with E-state index < -0.39 is 4.92 Å². The molecule has 0 atom stereocenters. The van der Waals surface area contributed by atoms with Gasteiger partial charge in [0.2, 0.25) is 0 Å². The van der Waals surface area contributed by atoms with Crippen LogP contribution in [-0.4, -0.2) is 24.0 Å². The average molecular weight is 500 g/mol. The van der Waals surface area contributed by atoms with Crippen molar-refractivity contribution in [2.24, 2.45) is 0 Å². The number of hydrogen-bond donors (Lipinski definition) is 2. The van der Waals surface area contributed by atoms with Crippen molar-refractivity contribution < 1.29 is 19.2 Å². The van der Waals surface area contributed by atoms with Gasteiger partial charge < -0.3 is 20.1 Å². The first kappa shape index (κ1) is 23.1. The van der Waals surface area contributed by atoms with Gasteiger partial charge in [-0.25, -0.2) is 0 Å². The third-order valence-corrected chi connectivity index (χ3v) is 4.92. The minimum Gasteiger partial charge on any atom is -0.490 e. The molecule has 0 aliphatic carbocycles. The van der Waals surface area contributed by atoms with Crippen molar-refractivity contribution >= 4 is 38.9 Å². The van der Waals surface area contributed by atoms with E-state index in [0.29, 0.717) is 40.5 Å². The molecule has 0 saturated carbocycles. The highest BCUT2D eigenvalue weighted by Crippen LogP contribution is 2.37. The zero-order chi connectivity index (χ0) is 22.9. The van der Waals surface area contributed by atoms with Gasteiger partial charge in [0.05, 0.1) is 16.0 Å². The van der Waals surface area contributed by atoms with E-state index in [1.54, 1.807) is 24.3 Å². The summed E-state index contributed by atoms with van der Waals surface area (Å²) >= 11 is 3.49. The van der Waals surface area contributed by atoms with Crippen molar-refractivity contribution in [2.75, 3.05) is 23.8 Å². The van der Waals surface area contributed by atoms with Gasteiger partial charge in [-0.3, -0.25) is 14.9 Å². The van der Waals surface area contributed by atoms with Crippen LogP contribution in [0.1, 0.15) is 12.5 Å². The second-order valence-electron chi connectivity index (χ2n) is 6.70. The molecule has 3 aromatic carbocycles. The Labute approximate surface area is 193 Å². The molecule has 2 N–H and O–H groups in total. The van der Waals surface area contributed by atoms with Crippen LogP contribution in [0.3, 0.4) is 0 Å². The lowest BCUT2D eigenvalue weighted by Gasteiger charge is -2.16. The fourth-order valence-corrected chi connectivity index (χ4v) is 3.52. The van der Waals surface area contributed by atoms with Gasteiger partial charge in [-0.2, -0.15) is 0 Å². The van der Waals surface area contributed by atoms with Crippen molar-refractivity contribution in [3.8, 4) is 11.5 Å². The molecular weight excluding hydrogens is 478 g/mol. The van der Waals surface area contributed by atoms with Crippen LogP contribution in [0.2, 0.25) is 0 Å². The van der Waals surface area contributed by atoms with Crippen LogP contribution in [0.5, 0.6) is 11.5 Å². The molecule has 0 bridgehead atoms. The number of carbonyl (C=O) groups excluding carboxylic acids is 1. The van der Waals surface area contributed by atoms with Gasteiger partial charge in [0.25, 0.3) is 11.6 Å². The Morgan fingerprint density at radius 3 is 2.50 bits per heavy atom. The number of nitrogens with one attached hydrogen (secondary N) is 2. The predicted molar refractivity (Wildman–Crippen MR) is 126 cm³/mol. The number of halogens is 1. The van der Waals surface area contributed by atoms with Crippen molar-refractivity contribution in [1.82, 2.24) is 0 Å². The lowest BCUT2D eigenvalue weighted by atomic mass is 10.2. The zero-order valence-corrected chi connectivity index (χ0v) is 18.9. The van der Waals surface area contributed by atoms with Gasteiger partial charge >= 0.3 is 0 Å². The molecule has 0 spiro atoms. The molecule has 0 aliphatic rings. The molecule has 166 valence electrons. The van der Waals surface area contributed by atoms with E-state index in [9.17, 15) is 14.9 Å². The summed E-state index contributed by atoms with van der Waals surface area (Å²) < 4.78 is 12.1.